The lowest BCUT2D eigenvalue weighted by Crippen LogP contribution is -2.24. The first-order valence-corrected chi connectivity index (χ1v) is 5.43. The van der Waals surface area contributed by atoms with Gasteiger partial charge < -0.3 is 0 Å². The third kappa shape index (κ3) is 2.00. The van der Waals surface area contributed by atoms with E-state index in [-0.39, 0.29) is 5.92 Å². The zero-order valence-corrected chi connectivity index (χ0v) is 8.19. The van der Waals surface area contributed by atoms with E-state index in [2.05, 4.69) is 0 Å². The summed E-state index contributed by atoms with van der Waals surface area (Å²) in [6, 6.07) is 0. The first-order chi connectivity index (χ1) is 6.25. The number of alkyl halides is 3. The van der Waals surface area contributed by atoms with Crippen LogP contribution in [0.25, 0.3) is 0 Å². The molecule has 1 unspecified atom stereocenters. The predicted octanol–water partition coefficient (Wildman–Crippen LogP) is 2.40. The zero-order valence-electron chi connectivity index (χ0n) is 7.38. The number of rotatable bonds is 1. The van der Waals surface area contributed by atoms with E-state index in [0.29, 0.717) is 6.42 Å². The molecule has 0 aliphatic heterocycles. The highest BCUT2D eigenvalue weighted by Crippen LogP contribution is 2.32. The third-order valence-corrected chi connectivity index (χ3v) is 3.43. The smallest absolute Gasteiger partial charge is 0.214 e. The summed E-state index contributed by atoms with van der Waals surface area (Å²) in [6.07, 6.45) is 3.89. The average molecular weight is 226 g/mol. The second kappa shape index (κ2) is 3.42. The molecule has 0 aromatic carbocycles. The monoisotopic (exact) mass is 226 g/mol. The van der Waals surface area contributed by atoms with Crippen LogP contribution in [0.4, 0.5) is 13.2 Å². The Morgan fingerprint density at radius 1 is 1.43 bits per heavy atom. The van der Waals surface area contributed by atoms with Crippen molar-refractivity contribution in [1.82, 2.24) is 0 Å². The van der Waals surface area contributed by atoms with Crippen molar-refractivity contribution in [2.45, 2.75) is 18.9 Å². The van der Waals surface area contributed by atoms with Crippen LogP contribution in [-0.2, 0) is 9.84 Å². The lowest BCUT2D eigenvalue weighted by Gasteiger charge is -2.13. The molecule has 0 fully saturated rings. The van der Waals surface area contributed by atoms with Crippen LogP contribution in [0.2, 0.25) is 0 Å². The summed E-state index contributed by atoms with van der Waals surface area (Å²) in [7, 11) is -5.15. The van der Waals surface area contributed by atoms with E-state index in [4.69, 9.17) is 0 Å². The van der Waals surface area contributed by atoms with Crippen LogP contribution in [0.3, 0.4) is 0 Å². The summed E-state index contributed by atoms with van der Waals surface area (Å²) < 4.78 is 57.9. The highest BCUT2D eigenvalue weighted by molar-refractivity contribution is 7.96. The lowest BCUT2D eigenvalue weighted by atomic mass is 10.0. The van der Waals surface area contributed by atoms with Gasteiger partial charge in [-0.3, -0.25) is 0 Å². The SMILES string of the molecule is CC1C=CC(S(=O)(=O)C(F)(F)F)=CC1. The van der Waals surface area contributed by atoms with E-state index < -0.39 is 20.3 Å². The highest BCUT2D eigenvalue weighted by Gasteiger charge is 2.47. The topological polar surface area (TPSA) is 34.1 Å². The van der Waals surface area contributed by atoms with Gasteiger partial charge in [-0.1, -0.05) is 19.1 Å². The number of sulfone groups is 1. The Hall–Kier alpha value is -0.780. The van der Waals surface area contributed by atoms with E-state index in [0.717, 1.165) is 12.2 Å². The quantitative estimate of drug-likeness (QED) is 0.688. The van der Waals surface area contributed by atoms with Gasteiger partial charge in [0.15, 0.2) is 0 Å². The first-order valence-electron chi connectivity index (χ1n) is 3.95. The molecule has 0 aromatic rings. The fraction of sp³-hybridized carbons (Fsp3) is 0.500. The third-order valence-electron chi connectivity index (χ3n) is 1.89. The summed E-state index contributed by atoms with van der Waals surface area (Å²) in [6.45, 7) is 1.80. The van der Waals surface area contributed by atoms with Gasteiger partial charge >= 0.3 is 5.51 Å². The molecule has 1 aliphatic carbocycles. The molecule has 0 heterocycles. The van der Waals surface area contributed by atoms with Crippen molar-refractivity contribution in [2.75, 3.05) is 0 Å². The molecule has 0 aromatic heterocycles. The molecule has 0 radical (unpaired) electrons. The highest BCUT2D eigenvalue weighted by atomic mass is 32.2. The summed E-state index contributed by atoms with van der Waals surface area (Å²) in [5.74, 6) is 0.0854. The second-order valence-corrected chi connectivity index (χ2v) is 5.07. The van der Waals surface area contributed by atoms with Crippen molar-refractivity contribution in [3.63, 3.8) is 0 Å². The van der Waals surface area contributed by atoms with Crippen molar-refractivity contribution < 1.29 is 21.6 Å². The number of hydrogen-bond acceptors (Lipinski definition) is 2. The van der Waals surface area contributed by atoms with E-state index in [1.165, 1.54) is 6.08 Å². The summed E-state index contributed by atoms with van der Waals surface area (Å²) >= 11 is 0. The fourth-order valence-corrected chi connectivity index (χ4v) is 1.88. The Balaban J connectivity index is 3.04. The van der Waals surface area contributed by atoms with Crippen LogP contribution in [0.5, 0.6) is 0 Å². The van der Waals surface area contributed by atoms with Gasteiger partial charge in [-0.2, -0.15) is 13.2 Å². The Bertz CT molecular complexity index is 376. The standard InChI is InChI=1S/C8H9F3O2S/c1-6-2-4-7(5-3-6)14(12,13)8(9,10)11/h2,4-6H,3H2,1H3. The Morgan fingerprint density at radius 3 is 2.36 bits per heavy atom. The molecule has 1 rings (SSSR count). The molecule has 14 heavy (non-hydrogen) atoms. The number of hydrogen-bond donors (Lipinski definition) is 0. The van der Waals surface area contributed by atoms with Crippen molar-refractivity contribution >= 4 is 9.84 Å². The number of halogens is 3. The van der Waals surface area contributed by atoms with Crippen LogP contribution in [0.15, 0.2) is 23.1 Å². The van der Waals surface area contributed by atoms with Crippen LogP contribution in [-0.4, -0.2) is 13.9 Å². The normalized spacial score (nSPS) is 23.4. The van der Waals surface area contributed by atoms with Gasteiger partial charge in [-0.15, -0.1) is 0 Å². The molecule has 0 amide bonds. The van der Waals surface area contributed by atoms with Gasteiger partial charge in [-0.25, -0.2) is 8.42 Å². The van der Waals surface area contributed by atoms with Crippen molar-refractivity contribution in [3.05, 3.63) is 23.1 Å². The molecule has 0 saturated carbocycles. The maximum absolute atomic E-state index is 12.1. The molecule has 0 N–H and O–H groups in total. The molecule has 1 aliphatic rings. The summed E-state index contributed by atoms with van der Waals surface area (Å²) in [5.41, 5.74) is -5.20. The average Bonchev–Trinajstić information content (AvgIpc) is 2.03. The van der Waals surface area contributed by atoms with Gasteiger partial charge in [0.2, 0.25) is 0 Å². The Kier molecular flexibility index (Phi) is 2.76. The van der Waals surface area contributed by atoms with Crippen LogP contribution in [0.1, 0.15) is 13.3 Å². The maximum atomic E-state index is 12.1. The molecule has 0 spiro atoms. The largest absolute Gasteiger partial charge is 0.501 e. The molecule has 80 valence electrons. The Morgan fingerprint density at radius 2 is 2.00 bits per heavy atom. The van der Waals surface area contributed by atoms with Crippen molar-refractivity contribution in [1.29, 1.82) is 0 Å². The minimum atomic E-state index is -5.20. The van der Waals surface area contributed by atoms with Gasteiger partial charge in [0, 0.05) is 0 Å². The maximum Gasteiger partial charge on any atom is 0.501 e. The van der Waals surface area contributed by atoms with Crippen molar-refractivity contribution in [2.24, 2.45) is 5.92 Å². The summed E-state index contributed by atoms with van der Waals surface area (Å²) in [4.78, 5) is -0.650. The van der Waals surface area contributed by atoms with E-state index in [1.807, 2.05) is 0 Å². The van der Waals surface area contributed by atoms with E-state index >= 15 is 0 Å². The van der Waals surface area contributed by atoms with Gasteiger partial charge in [0.05, 0.1) is 4.91 Å². The van der Waals surface area contributed by atoms with E-state index in [9.17, 15) is 21.6 Å². The van der Waals surface area contributed by atoms with Gasteiger partial charge in [0.25, 0.3) is 9.84 Å². The van der Waals surface area contributed by atoms with Gasteiger partial charge in [0.1, 0.15) is 0 Å². The number of allylic oxidation sites excluding steroid dienone is 3. The van der Waals surface area contributed by atoms with Gasteiger partial charge in [-0.05, 0) is 18.4 Å². The fourth-order valence-electron chi connectivity index (χ4n) is 1.04. The van der Waals surface area contributed by atoms with Crippen molar-refractivity contribution in [3.8, 4) is 0 Å². The molecule has 0 bridgehead atoms. The molecular formula is C8H9F3O2S. The Labute approximate surface area is 80.0 Å². The first kappa shape index (κ1) is 11.3. The van der Waals surface area contributed by atoms with Crippen LogP contribution < -0.4 is 0 Å². The molecule has 0 saturated heterocycles. The zero-order chi connectivity index (χ0) is 11.0. The minimum absolute atomic E-state index is 0.0854. The molecular weight excluding hydrogens is 217 g/mol. The molecule has 6 heteroatoms. The molecule has 1 atom stereocenters. The predicted molar refractivity (Wildman–Crippen MR) is 46.0 cm³/mol. The second-order valence-electron chi connectivity index (χ2n) is 3.13. The minimum Gasteiger partial charge on any atom is -0.214 e. The van der Waals surface area contributed by atoms with E-state index in [1.54, 1.807) is 6.92 Å². The molecule has 2 nitrogen and oxygen atoms in total. The van der Waals surface area contributed by atoms with Crippen LogP contribution in [0, 0.1) is 5.92 Å². The summed E-state index contributed by atoms with van der Waals surface area (Å²) in [5, 5.41) is 0. The lowest BCUT2D eigenvalue weighted by molar-refractivity contribution is -0.0426. The van der Waals surface area contributed by atoms with Crippen LogP contribution >= 0.6 is 0 Å².